The van der Waals surface area contributed by atoms with E-state index in [4.69, 9.17) is 23.2 Å². The maximum Gasteiger partial charge on any atom is 0.239 e. The smallest absolute Gasteiger partial charge is 0.239 e. The van der Waals surface area contributed by atoms with E-state index in [0.29, 0.717) is 16.0 Å². The molecule has 1 aromatic carbocycles. The summed E-state index contributed by atoms with van der Waals surface area (Å²) in [5, 5.41) is 11.5. The lowest BCUT2D eigenvalue weighted by molar-refractivity contribution is 1.08. The van der Waals surface area contributed by atoms with E-state index in [9.17, 15) is 0 Å². The number of anilines is 1. The number of hydrazone groups is 1. The third kappa shape index (κ3) is 2.95. The van der Waals surface area contributed by atoms with Crippen LogP contribution in [0, 0.1) is 0 Å². The Morgan fingerprint density at radius 3 is 2.82 bits per heavy atom. The molecule has 2 rings (SSSR count). The van der Waals surface area contributed by atoms with Crippen LogP contribution in [0.15, 0.2) is 29.6 Å². The Kier molecular flexibility index (Phi) is 3.61. The molecule has 7 heteroatoms. The highest BCUT2D eigenvalue weighted by Crippen LogP contribution is 2.22. The molecule has 1 aromatic heterocycles. The highest BCUT2D eigenvalue weighted by molar-refractivity contribution is 6.42. The van der Waals surface area contributed by atoms with Gasteiger partial charge in [0.1, 0.15) is 6.33 Å². The Bertz CT molecular complexity index is 536. The molecule has 0 atom stereocenters. The van der Waals surface area contributed by atoms with Gasteiger partial charge in [0.05, 0.1) is 15.8 Å². The van der Waals surface area contributed by atoms with E-state index in [1.807, 2.05) is 13.0 Å². The van der Waals surface area contributed by atoms with Crippen molar-refractivity contribution in [2.24, 2.45) is 5.10 Å². The van der Waals surface area contributed by atoms with Gasteiger partial charge in [-0.1, -0.05) is 29.3 Å². The lowest BCUT2D eigenvalue weighted by Gasteiger charge is -2.03. The van der Waals surface area contributed by atoms with Crippen molar-refractivity contribution in [3.05, 3.63) is 40.1 Å². The molecule has 0 aliphatic rings. The second-order valence-electron chi connectivity index (χ2n) is 3.27. The van der Waals surface area contributed by atoms with E-state index in [2.05, 4.69) is 25.7 Å². The van der Waals surface area contributed by atoms with E-state index in [-0.39, 0.29) is 0 Å². The summed E-state index contributed by atoms with van der Waals surface area (Å²) in [6, 6.07) is 5.33. The number of benzene rings is 1. The fourth-order valence-electron chi connectivity index (χ4n) is 1.18. The first-order chi connectivity index (χ1) is 8.16. The zero-order valence-corrected chi connectivity index (χ0v) is 10.4. The third-order valence-corrected chi connectivity index (χ3v) is 2.82. The fraction of sp³-hybridized carbons (Fsp3) is 0.100. The number of aromatic nitrogens is 3. The molecule has 0 saturated carbocycles. The summed E-state index contributed by atoms with van der Waals surface area (Å²) in [6.45, 7) is 1.85. The zero-order valence-electron chi connectivity index (χ0n) is 8.91. The maximum absolute atomic E-state index is 5.92. The average molecular weight is 270 g/mol. The van der Waals surface area contributed by atoms with Crippen LogP contribution in [0.3, 0.4) is 0 Å². The molecule has 0 amide bonds. The number of hydrogen-bond donors (Lipinski definition) is 2. The highest BCUT2D eigenvalue weighted by Gasteiger charge is 2.02. The molecule has 0 aliphatic heterocycles. The third-order valence-electron chi connectivity index (χ3n) is 2.08. The minimum atomic E-state index is 0.476. The van der Waals surface area contributed by atoms with Gasteiger partial charge >= 0.3 is 0 Å². The Morgan fingerprint density at radius 2 is 2.18 bits per heavy atom. The summed E-state index contributed by atoms with van der Waals surface area (Å²) >= 11 is 11.8. The van der Waals surface area contributed by atoms with Gasteiger partial charge in [-0.05, 0) is 24.6 Å². The van der Waals surface area contributed by atoms with Crippen LogP contribution in [0.2, 0.25) is 10.0 Å². The van der Waals surface area contributed by atoms with Crippen LogP contribution in [-0.4, -0.2) is 20.9 Å². The summed E-state index contributed by atoms with van der Waals surface area (Å²) in [6.07, 6.45) is 1.40. The van der Waals surface area contributed by atoms with Gasteiger partial charge in [-0.25, -0.2) is 10.5 Å². The summed E-state index contributed by atoms with van der Waals surface area (Å²) in [7, 11) is 0. The minimum Gasteiger partial charge on any atom is -0.245 e. The lowest BCUT2D eigenvalue weighted by atomic mass is 10.1. The molecular weight excluding hydrogens is 261 g/mol. The summed E-state index contributed by atoms with van der Waals surface area (Å²) in [4.78, 5) is 3.88. The largest absolute Gasteiger partial charge is 0.245 e. The van der Waals surface area contributed by atoms with Gasteiger partial charge in [0, 0.05) is 0 Å². The Morgan fingerprint density at radius 1 is 1.35 bits per heavy atom. The molecule has 0 radical (unpaired) electrons. The van der Waals surface area contributed by atoms with Gasteiger partial charge in [0.25, 0.3) is 0 Å². The van der Waals surface area contributed by atoms with Crippen LogP contribution in [0.1, 0.15) is 12.5 Å². The second kappa shape index (κ2) is 5.16. The van der Waals surface area contributed by atoms with Crippen molar-refractivity contribution in [1.82, 2.24) is 15.2 Å². The van der Waals surface area contributed by atoms with E-state index in [0.717, 1.165) is 11.3 Å². The van der Waals surface area contributed by atoms with Crippen molar-refractivity contribution in [2.45, 2.75) is 6.92 Å². The molecule has 0 saturated heterocycles. The number of hydrogen-bond acceptors (Lipinski definition) is 4. The van der Waals surface area contributed by atoms with Gasteiger partial charge in [-0.2, -0.15) is 15.2 Å². The van der Waals surface area contributed by atoms with Gasteiger partial charge in [0.2, 0.25) is 5.95 Å². The monoisotopic (exact) mass is 269 g/mol. The molecule has 2 aromatic rings. The maximum atomic E-state index is 5.92. The second-order valence-corrected chi connectivity index (χ2v) is 4.09. The molecule has 0 bridgehead atoms. The predicted molar refractivity (Wildman–Crippen MR) is 68.7 cm³/mol. The molecule has 2 N–H and O–H groups in total. The highest BCUT2D eigenvalue weighted by atomic mass is 35.5. The quantitative estimate of drug-likeness (QED) is 0.665. The molecule has 0 spiro atoms. The number of rotatable bonds is 3. The number of H-pyrrole nitrogens is 1. The Hall–Kier alpha value is -1.59. The van der Waals surface area contributed by atoms with Crippen molar-refractivity contribution >= 4 is 34.9 Å². The Labute approximate surface area is 108 Å². The lowest BCUT2D eigenvalue weighted by Crippen LogP contribution is -2.00. The van der Waals surface area contributed by atoms with Crippen LogP contribution in [0.25, 0.3) is 0 Å². The summed E-state index contributed by atoms with van der Waals surface area (Å²) in [5.41, 5.74) is 4.38. The number of nitrogens with zero attached hydrogens (tertiary/aromatic N) is 3. The molecular formula is C10H9Cl2N5. The van der Waals surface area contributed by atoms with Crippen LogP contribution >= 0.6 is 23.2 Å². The van der Waals surface area contributed by atoms with Crippen molar-refractivity contribution in [3.63, 3.8) is 0 Å². The average Bonchev–Trinajstić information content (AvgIpc) is 2.82. The van der Waals surface area contributed by atoms with Crippen LogP contribution in [-0.2, 0) is 0 Å². The van der Waals surface area contributed by atoms with Gasteiger partial charge in [-0.15, -0.1) is 0 Å². The summed E-state index contributed by atoms with van der Waals surface area (Å²) < 4.78 is 0. The minimum absolute atomic E-state index is 0.476. The van der Waals surface area contributed by atoms with E-state index < -0.39 is 0 Å². The van der Waals surface area contributed by atoms with Crippen molar-refractivity contribution in [3.8, 4) is 0 Å². The Balaban J connectivity index is 2.16. The van der Waals surface area contributed by atoms with Crippen LogP contribution in [0.5, 0.6) is 0 Å². The molecule has 17 heavy (non-hydrogen) atoms. The van der Waals surface area contributed by atoms with E-state index >= 15 is 0 Å². The topological polar surface area (TPSA) is 66.0 Å². The van der Waals surface area contributed by atoms with Crippen LogP contribution < -0.4 is 5.43 Å². The van der Waals surface area contributed by atoms with Crippen LogP contribution in [0.4, 0.5) is 5.95 Å². The van der Waals surface area contributed by atoms with E-state index in [1.54, 1.807) is 12.1 Å². The molecule has 88 valence electrons. The number of nitrogens with one attached hydrogen (secondary N) is 2. The first kappa shape index (κ1) is 11.9. The standard InChI is InChI=1S/C10H9Cl2N5/c1-6(15-17-10-13-5-14-16-10)7-2-3-8(11)9(12)4-7/h2-5H,1H3,(H2,13,14,16,17)/b15-6+. The first-order valence-electron chi connectivity index (χ1n) is 4.78. The van der Waals surface area contributed by atoms with Gasteiger partial charge in [0.15, 0.2) is 0 Å². The van der Waals surface area contributed by atoms with Crippen molar-refractivity contribution < 1.29 is 0 Å². The van der Waals surface area contributed by atoms with Crippen molar-refractivity contribution in [1.29, 1.82) is 0 Å². The molecule has 0 fully saturated rings. The predicted octanol–water partition coefficient (Wildman–Crippen LogP) is 2.95. The van der Waals surface area contributed by atoms with Gasteiger partial charge < -0.3 is 0 Å². The summed E-state index contributed by atoms with van der Waals surface area (Å²) in [5.74, 6) is 0.476. The normalized spacial score (nSPS) is 11.6. The van der Waals surface area contributed by atoms with E-state index in [1.165, 1.54) is 6.33 Å². The molecule has 5 nitrogen and oxygen atoms in total. The zero-order chi connectivity index (χ0) is 12.3. The van der Waals surface area contributed by atoms with Gasteiger partial charge in [-0.3, -0.25) is 0 Å². The molecule has 0 unspecified atom stereocenters. The first-order valence-corrected chi connectivity index (χ1v) is 5.53. The van der Waals surface area contributed by atoms with Crippen molar-refractivity contribution in [2.75, 3.05) is 5.43 Å². The molecule has 0 aliphatic carbocycles. The molecule has 1 heterocycles. The number of aromatic amines is 1. The number of halogens is 2. The SMILES string of the molecule is C/C(=N\Nc1ncn[nH]1)c1ccc(Cl)c(Cl)c1. The fourth-order valence-corrected chi connectivity index (χ4v) is 1.48.